The molecule has 130 valence electrons. The average Bonchev–Trinajstić information content (AvgIpc) is 2.52. The molecule has 0 radical (unpaired) electrons. The fourth-order valence-corrected chi connectivity index (χ4v) is 3.25. The van der Waals surface area contributed by atoms with E-state index in [1.54, 1.807) is 0 Å². The molecule has 0 bridgehead atoms. The molecule has 3 atom stereocenters. The van der Waals surface area contributed by atoms with Gasteiger partial charge in [0.15, 0.2) is 0 Å². The van der Waals surface area contributed by atoms with E-state index in [2.05, 4.69) is 56.1 Å². The molecule has 1 aromatic carbocycles. The summed E-state index contributed by atoms with van der Waals surface area (Å²) in [4.78, 5) is 2.47. The van der Waals surface area contributed by atoms with Crippen LogP contribution in [0.2, 0.25) is 0 Å². The second-order valence-corrected chi connectivity index (χ2v) is 6.82. The van der Waals surface area contributed by atoms with Crippen LogP contribution >= 0.6 is 0 Å². The molecule has 0 saturated carbocycles. The van der Waals surface area contributed by atoms with Gasteiger partial charge in [0, 0.05) is 24.5 Å². The number of hydrogen-bond donors (Lipinski definition) is 2. The number of nitrogens with two attached hydrogens (primary N) is 1. The Hall–Kier alpha value is -1.26. The number of benzene rings is 1. The summed E-state index contributed by atoms with van der Waals surface area (Å²) in [6.45, 7) is 11.5. The summed E-state index contributed by atoms with van der Waals surface area (Å²) in [6.07, 6.45) is 4.03. The standard InChI is InChI=1S/C19H33N3O/c1-14-12-18(22-13-15(2)23-17(4)16(22)3)8-9-19(14)21-11-7-5-6-10-20/h8-9,12,15-17,21H,5-7,10-11,13,20H2,1-4H3/t15-,16?,17+/m0/s1. The molecule has 1 fully saturated rings. The lowest BCUT2D eigenvalue weighted by molar-refractivity contribution is -0.0257. The summed E-state index contributed by atoms with van der Waals surface area (Å²) >= 11 is 0. The molecule has 1 unspecified atom stereocenters. The van der Waals surface area contributed by atoms with Crippen LogP contribution < -0.4 is 16.0 Å². The van der Waals surface area contributed by atoms with Gasteiger partial charge in [-0.2, -0.15) is 0 Å². The van der Waals surface area contributed by atoms with Crippen molar-refractivity contribution in [3.63, 3.8) is 0 Å². The molecule has 1 heterocycles. The van der Waals surface area contributed by atoms with Gasteiger partial charge in [-0.15, -0.1) is 0 Å². The fourth-order valence-electron chi connectivity index (χ4n) is 3.25. The van der Waals surface area contributed by atoms with E-state index < -0.39 is 0 Å². The van der Waals surface area contributed by atoms with E-state index >= 15 is 0 Å². The summed E-state index contributed by atoms with van der Waals surface area (Å²) < 4.78 is 5.93. The maximum atomic E-state index is 5.93. The fraction of sp³-hybridized carbons (Fsp3) is 0.684. The van der Waals surface area contributed by atoms with Gasteiger partial charge in [-0.3, -0.25) is 0 Å². The molecule has 0 aromatic heterocycles. The monoisotopic (exact) mass is 319 g/mol. The van der Waals surface area contributed by atoms with Gasteiger partial charge in [-0.1, -0.05) is 6.42 Å². The van der Waals surface area contributed by atoms with E-state index in [9.17, 15) is 0 Å². The number of hydrogen-bond acceptors (Lipinski definition) is 4. The van der Waals surface area contributed by atoms with E-state index in [-0.39, 0.29) is 12.2 Å². The lowest BCUT2D eigenvalue weighted by atomic mass is 10.1. The number of nitrogens with zero attached hydrogens (tertiary/aromatic N) is 1. The second kappa shape index (κ2) is 8.55. The molecule has 4 heteroatoms. The first-order valence-electron chi connectivity index (χ1n) is 8.99. The summed E-state index contributed by atoms with van der Waals surface area (Å²) in [5, 5.41) is 3.55. The topological polar surface area (TPSA) is 50.5 Å². The first-order valence-corrected chi connectivity index (χ1v) is 8.99. The quantitative estimate of drug-likeness (QED) is 0.755. The van der Waals surface area contributed by atoms with Gasteiger partial charge in [-0.05, 0) is 70.8 Å². The lowest BCUT2D eigenvalue weighted by Gasteiger charge is -2.42. The van der Waals surface area contributed by atoms with Crippen molar-refractivity contribution in [2.45, 2.75) is 65.2 Å². The molecule has 0 amide bonds. The second-order valence-electron chi connectivity index (χ2n) is 6.82. The third-order valence-corrected chi connectivity index (χ3v) is 4.81. The smallest absolute Gasteiger partial charge is 0.0751 e. The van der Waals surface area contributed by atoms with E-state index in [1.807, 2.05) is 0 Å². The Morgan fingerprint density at radius 2 is 2.00 bits per heavy atom. The maximum absolute atomic E-state index is 5.93. The average molecular weight is 319 g/mol. The third kappa shape index (κ3) is 4.85. The number of nitrogens with one attached hydrogen (secondary N) is 1. The normalized spacial score (nSPS) is 24.7. The number of morpholine rings is 1. The Labute approximate surface area is 141 Å². The minimum absolute atomic E-state index is 0.263. The molecule has 0 aliphatic carbocycles. The van der Waals surface area contributed by atoms with E-state index in [4.69, 9.17) is 10.5 Å². The predicted octanol–water partition coefficient (Wildman–Crippen LogP) is 3.54. The Balaban J connectivity index is 1.98. The zero-order valence-corrected chi connectivity index (χ0v) is 15.1. The molecule has 3 N–H and O–H groups in total. The minimum atomic E-state index is 0.263. The van der Waals surface area contributed by atoms with Gasteiger partial charge >= 0.3 is 0 Å². The predicted molar refractivity (Wildman–Crippen MR) is 99.4 cm³/mol. The Kier molecular flexibility index (Phi) is 6.72. The molecule has 1 aliphatic rings. The van der Waals surface area contributed by atoms with Crippen LogP contribution in [0.3, 0.4) is 0 Å². The lowest BCUT2D eigenvalue weighted by Crippen LogP contribution is -2.52. The highest BCUT2D eigenvalue weighted by atomic mass is 16.5. The molecule has 0 spiro atoms. The van der Waals surface area contributed by atoms with Crippen LogP contribution in [-0.4, -0.2) is 37.9 Å². The first-order chi connectivity index (χ1) is 11.0. The van der Waals surface area contributed by atoms with Crippen molar-refractivity contribution in [1.82, 2.24) is 0 Å². The highest BCUT2D eigenvalue weighted by Gasteiger charge is 2.29. The van der Waals surface area contributed by atoms with Gasteiger partial charge in [0.1, 0.15) is 0 Å². The molecule has 1 saturated heterocycles. The van der Waals surface area contributed by atoms with Crippen LogP contribution in [0.15, 0.2) is 18.2 Å². The molecular weight excluding hydrogens is 286 g/mol. The number of unbranched alkanes of at least 4 members (excludes halogenated alkanes) is 2. The van der Waals surface area contributed by atoms with Crippen molar-refractivity contribution in [3.8, 4) is 0 Å². The maximum Gasteiger partial charge on any atom is 0.0751 e. The van der Waals surface area contributed by atoms with Gasteiger partial charge in [0.2, 0.25) is 0 Å². The summed E-state index contributed by atoms with van der Waals surface area (Å²) in [5.74, 6) is 0. The molecule has 2 rings (SSSR count). The van der Waals surface area contributed by atoms with Crippen molar-refractivity contribution >= 4 is 11.4 Å². The molecule has 4 nitrogen and oxygen atoms in total. The molecule has 23 heavy (non-hydrogen) atoms. The Morgan fingerprint density at radius 3 is 2.70 bits per heavy atom. The van der Waals surface area contributed by atoms with Crippen LogP contribution in [-0.2, 0) is 4.74 Å². The van der Waals surface area contributed by atoms with Crippen LogP contribution in [0, 0.1) is 6.92 Å². The molecule has 1 aliphatic heterocycles. The highest BCUT2D eigenvalue weighted by Crippen LogP contribution is 2.28. The summed E-state index contributed by atoms with van der Waals surface area (Å²) in [5.41, 5.74) is 9.37. The largest absolute Gasteiger partial charge is 0.385 e. The van der Waals surface area contributed by atoms with Crippen molar-refractivity contribution in [2.24, 2.45) is 5.73 Å². The molecule has 1 aromatic rings. The first kappa shape index (κ1) is 18.1. The van der Waals surface area contributed by atoms with Crippen LogP contribution in [0.25, 0.3) is 0 Å². The van der Waals surface area contributed by atoms with Crippen molar-refractivity contribution in [1.29, 1.82) is 0 Å². The molecular formula is C19H33N3O. The Morgan fingerprint density at radius 1 is 1.22 bits per heavy atom. The Bertz CT molecular complexity index is 492. The van der Waals surface area contributed by atoms with Gasteiger partial charge < -0.3 is 20.7 Å². The van der Waals surface area contributed by atoms with Crippen molar-refractivity contribution in [3.05, 3.63) is 23.8 Å². The number of ether oxygens (including phenoxy) is 1. The summed E-state index contributed by atoms with van der Waals surface area (Å²) in [6, 6.07) is 7.14. The van der Waals surface area contributed by atoms with Crippen LogP contribution in [0.1, 0.15) is 45.6 Å². The highest BCUT2D eigenvalue weighted by molar-refractivity contribution is 5.61. The minimum Gasteiger partial charge on any atom is -0.385 e. The van der Waals surface area contributed by atoms with Crippen LogP contribution in [0.5, 0.6) is 0 Å². The summed E-state index contributed by atoms with van der Waals surface area (Å²) in [7, 11) is 0. The zero-order chi connectivity index (χ0) is 16.8. The SMILES string of the molecule is Cc1cc(N2C[C@H](C)O[C@H](C)C2C)ccc1NCCCCCN. The number of aryl methyl sites for hydroxylation is 1. The van der Waals surface area contributed by atoms with Crippen molar-refractivity contribution < 1.29 is 4.74 Å². The number of rotatable bonds is 7. The van der Waals surface area contributed by atoms with E-state index in [0.29, 0.717) is 6.04 Å². The van der Waals surface area contributed by atoms with Crippen LogP contribution in [0.4, 0.5) is 11.4 Å². The van der Waals surface area contributed by atoms with E-state index in [1.165, 1.54) is 29.8 Å². The van der Waals surface area contributed by atoms with Crippen molar-refractivity contribution in [2.75, 3.05) is 29.9 Å². The van der Waals surface area contributed by atoms with Gasteiger partial charge in [0.25, 0.3) is 0 Å². The van der Waals surface area contributed by atoms with E-state index in [0.717, 1.165) is 26.1 Å². The zero-order valence-electron chi connectivity index (χ0n) is 15.1. The third-order valence-electron chi connectivity index (χ3n) is 4.81. The van der Waals surface area contributed by atoms with Gasteiger partial charge in [0.05, 0.1) is 18.2 Å². The number of anilines is 2. The van der Waals surface area contributed by atoms with Gasteiger partial charge in [-0.25, -0.2) is 0 Å².